The average molecular weight is 442 g/mol. The van der Waals surface area contributed by atoms with Gasteiger partial charge in [-0.1, -0.05) is 12.1 Å². The molecule has 0 bridgehead atoms. The van der Waals surface area contributed by atoms with Gasteiger partial charge in [-0.2, -0.15) is 23.4 Å². The summed E-state index contributed by atoms with van der Waals surface area (Å²) < 4.78 is 43.8. The highest BCUT2D eigenvalue weighted by Gasteiger charge is 2.35. The predicted molar refractivity (Wildman–Crippen MR) is 113 cm³/mol. The maximum atomic E-state index is 13.8. The van der Waals surface area contributed by atoms with Crippen LogP contribution in [-0.4, -0.2) is 30.3 Å². The number of rotatable bonds is 4. The Bertz CT molecular complexity index is 1340. The Hall–Kier alpha value is -3.69. The summed E-state index contributed by atoms with van der Waals surface area (Å²) in [5.41, 5.74) is 2.61. The van der Waals surface area contributed by atoms with Crippen LogP contribution in [0, 0.1) is 20.8 Å². The summed E-state index contributed by atoms with van der Waals surface area (Å²) in [6.07, 6.45) is -3.20. The largest absolute Gasteiger partial charge is 0.433 e. The van der Waals surface area contributed by atoms with Crippen molar-refractivity contribution >= 4 is 17.2 Å². The molecule has 7 nitrogen and oxygen atoms in total. The Morgan fingerprint density at radius 1 is 1.09 bits per heavy atom. The SMILES string of the molecule is CCn1ncc(NC(=O)c2cc3nc(-c4ccc(C)c(C)c4)cc(C(F)(F)F)n3n2)c1C. The van der Waals surface area contributed by atoms with Crippen molar-refractivity contribution in [2.45, 2.75) is 40.4 Å². The molecule has 4 aromatic rings. The van der Waals surface area contributed by atoms with Gasteiger partial charge in [-0.25, -0.2) is 9.50 Å². The molecule has 1 aromatic carbocycles. The van der Waals surface area contributed by atoms with Gasteiger partial charge in [0.15, 0.2) is 17.0 Å². The lowest BCUT2D eigenvalue weighted by molar-refractivity contribution is -0.142. The molecule has 3 heterocycles. The number of aromatic nitrogens is 5. The quantitative estimate of drug-likeness (QED) is 0.492. The number of hydrogen-bond acceptors (Lipinski definition) is 4. The highest BCUT2D eigenvalue weighted by atomic mass is 19.4. The summed E-state index contributed by atoms with van der Waals surface area (Å²) in [4.78, 5) is 17.0. The van der Waals surface area contributed by atoms with Gasteiger partial charge in [0.1, 0.15) is 0 Å². The maximum Gasteiger partial charge on any atom is 0.433 e. The van der Waals surface area contributed by atoms with Gasteiger partial charge in [0, 0.05) is 18.2 Å². The zero-order valence-corrected chi connectivity index (χ0v) is 17.9. The lowest BCUT2D eigenvalue weighted by Crippen LogP contribution is -2.16. The summed E-state index contributed by atoms with van der Waals surface area (Å²) in [6, 6.07) is 7.53. The van der Waals surface area contributed by atoms with E-state index in [1.165, 1.54) is 12.3 Å². The fraction of sp³-hybridized carbons (Fsp3) is 0.273. The Morgan fingerprint density at radius 2 is 1.84 bits per heavy atom. The number of nitrogens with one attached hydrogen (secondary N) is 1. The van der Waals surface area contributed by atoms with Crippen molar-refractivity contribution in [1.82, 2.24) is 24.4 Å². The second kappa shape index (κ2) is 7.77. The number of benzene rings is 1. The molecule has 0 saturated carbocycles. The molecule has 4 rings (SSSR count). The van der Waals surface area contributed by atoms with Crippen LogP contribution in [0.25, 0.3) is 16.9 Å². The number of carbonyl (C=O) groups excluding carboxylic acids is 1. The van der Waals surface area contributed by atoms with Crippen LogP contribution >= 0.6 is 0 Å². The number of halogens is 3. The number of amides is 1. The number of anilines is 1. The molecule has 0 aliphatic heterocycles. The monoisotopic (exact) mass is 442 g/mol. The number of alkyl halides is 3. The molecular weight excluding hydrogens is 421 g/mol. The van der Waals surface area contributed by atoms with Crippen molar-refractivity contribution in [3.8, 4) is 11.3 Å². The number of fused-ring (bicyclic) bond motifs is 1. The number of hydrogen-bond donors (Lipinski definition) is 1. The number of nitrogens with zero attached hydrogens (tertiary/aromatic N) is 5. The van der Waals surface area contributed by atoms with Crippen molar-refractivity contribution < 1.29 is 18.0 Å². The molecule has 3 aromatic heterocycles. The fourth-order valence-corrected chi connectivity index (χ4v) is 3.41. The maximum absolute atomic E-state index is 13.8. The molecule has 1 amide bonds. The van der Waals surface area contributed by atoms with Crippen LogP contribution in [0.2, 0.25) is 0 Å². The van der Waals surface area contributed by atoms with Crippen LogP contribution < -0.4 is 5.32 Å². The zero-order valence-electron chi connectivity index (χ0n) is 17.9. The first kappa shape index (κ1) is 21.5. The minimum atomic E-state index is -4.69. The lowest BCUT2D eigenvalue weighted by Gasteiger charge is -2.11. The summed E-state index contributed by atoms with van der Waals surface area (Å²) in [6.45, 7) is 8.12. The van der Waals surface area contributed by atoms with E-state index in [4.69, 9.17) is 0 Å². The Balaban J connectivity index is 1.78. The molecule has 1 N–H and O–H groups in total. The van der Waals surface area contributed by atoms with E-state index in [9.17, 15) is 18.0 Å². The van der Waals surface area contributed by atoms with E-state index < -0.39 is 17.8 Å². The molecule has 0 saturated heterocycles. The molecule has 166 valence electrons. The van der Waals surface area contributed by atoms with Gasteiger partial charge < -0.3 is 5.32 Å². The molecule has 0 fully saturated rings. The van der Waals surface area contributed by atoms with Crippen LogP contribution in [0.15, 0.2) is 36.5 Å². The van der Waals surface area contributed by atoms with Crippen LogP contribution in [0.1, 0.15) is 39.9 Å². The molecule has 0 radical (unpaired) electrons. The number of aryl methyl sites for hydroxylation is 3. The summed E-state index contributed by atoms with van der Waals surface area (Å²) >= 11 is 0. The molecule has 0 aliphatic carbocycles. The molecule has 0 aliphatic rings. The van der Waals surface area contributed by atoms with Crippen LogP contribution in [0.3, 0.4) is 0 Å². The fourth-order valence-electron chi connectivity index (χ4n) is 3.41. The third-order valence-corrected chi connectivity index (χ3v) is 5.40. The normalized spacial score (nSPS) is 11.8. The molecule has 32 heavy (non-hydrogen) atoms. The second-order valence-electron chi connectivity index (χ2n) is 7.54. The van der Waals surface area contributed by atoms with E-state index in [0.29, 0.717) is 22.3 Å². The first-order chi connectivity index (χ1) is 15.1. The first-order valence-electron chi connectivity index (χ1n) is 9.98. The van der Waals surface area contributed by atoms with Gasteiger partial charge in [-0.05, 0) is 51.0 Å². The molecular formula is C22H21F3N6O. The minimum absolute atomic E-state index is 0.0702. The number of carbonyl (C=O) groups is 1. The predicted octanol–water partition coefficient (Wildman–Crippen LogP) is 4.81. The molecule has 10 heteroatoms. The van der Waals surface area contributed by atoms with E-state index in [2.05, 4.69) is 20.5 Å². The lowest BCUT2D eigenvalue weighted by atomic mass is 10.0. The highest BCUT2D eigenvalue weighted by molar-refractivity contribution is 6.03. The van der Waals surface area contributed by atoms with Gasteiger partial charge in [0.25, 0.3) is 5.91 Å². The average Bonchev–Trinajstić information content (AvgIpc) is 3.32. The van der Waals surface area contributed by atoms with Gasteiger partial charge in [0.2, 0.25) is 0 Å². The van der Waals surface area contributed by atoms with E-state index in [0.717, 1.165) is 22.9 Å². The summed E-state index contributed by atoms with van der Waals surface area (Å²) in [5, 5.41) is 10.7. The van der Waals surface area contributed by atoms with Gasteiger partial charge in [0.05, 0.1) is 23.3 Å². The van der Waals surface area contributed by atoms with Crippen molar-refractivity contribution in [1.29, 1.82) is 0 Å². The van der Waals surface area contributed by atoms with Crippen molar-refractivity contribution in [3.05, 3.63) is 64.7 Å². The van der Waals surface area contributed by atoms with Crippen molar-refractivity contribution in [2.75, 3.05) is 5.32 Å². The van der Waals surface area contributed by atoms with Gasteiger partial charge >= 0.3 is 6.18 Å². The Labute approximate surface area is 181 Å². The van der Waals surface area contributed by atoms with Crippen molar-refractivity contribution in [2.24, 2.45) is 0 Å². The summed E-state index contributed by atoms with van der Waals surface area (Å²) in [5.74, 6) is -0.643. The molecule has 0 spiro atoms. The first-order valence-corrected chi connectivity index (χ1v) is 9.98. The molecule has 0 atom stereocenters. The Morgan fingerprint density at radius 3 is 2.47 bits per heavy atom. The Kier molecular flexibility index (Phi) is 5.23. The highest BCUT2D eigenvalue weighted by Crippen LogP contribution is 2.33. The van der Waals surface area contributed by atoms with Gasteiger partial charge in [-0.3, -0.25) is 9.48 Å². The third-order valence-electron chi connectivity index (χ3n) is 5.40. The smallest absolute Gasteiger partial charge is 0.318 e. The molecule has 0 unspecified atom stereocenters. The van der Waals surface area contributed by atoms with Crippen LogP contribution in [-0.2, 0) is 12.7 Å². The topological polar surface area (TPSA) is 77.1 Å². The summed E-state index contributed by atoms with van der Waals surface area (Å²) in [7, 11) is 0. The van der Waals surface area contributed by atoms with E-state index in [-0.39, 0.29) is 17.0 Å². The van der Waals surface area contributed by atoms with E-state index in [1.54, 1.807) is 23.7 Å². The zero-order chi connectivity index (χ0) is 23.2. The minimum Gasteiger partial charge on any atom is -0.318 e. The van der Waals surface area contributed by atoms with Crippen molar-refractivity contribution in [3.63, 3.8) is 0 Å². The second-order valence-corrected chi connectivity index (χ2v) is 7.54. The third kappa shape index (κ3) is 3.83. The van der Waals surface area contributed by atoms with Crippen LogP contribution in [0.5, 0.6) is 0 Å². The van der Waals surface area contributed by atoms with Crippen LogP contribution in [0.4, 0.5) is 18.9 Å². The van der Waals surface area contributed by atoms with E-state index in [1.807, 2.05) is 26.8 Å². The van der Waals surface area contributed by atoms with E-state index >= 15 is 0 Å². The van der Waals surface area contributed by atoms with Gasteiger partial charge in [-0.15, -0.1) is 0 Å². The standard InChI is InChI=1S/C22H21F3N6O/c1-5-30-14(4)18(11-26-30)28-21(32)17-10-20-27-16(15-7-6-12(2)13(3)8-15)9-19(22(23,24)25)31(20)29-17/h6-11H,5H2,1-4H3,(H,28,32).